The summed E-state index contributed by atoms with van der Waals surface area (Å²) in [5.74, 6) is 0.786. The van der Waals surface area contributed by atoms with Crippen molar-refractivity contribution in [1.82, 2.24) is 10.6 Å². The lowest BCUT2D eigenvalue weighted by Crippen LogP contribution is -2.36. The molecule has 0 bridgehead atoms. The van der Waals surface area contributed by atoms with Gasteiger partial charge in [-0.05, 0) is 24.3 Å². The zero-order valence-electron chi connectivity index (χ0n) is 11.6. The Morgan fingerprint density at radius 1 is 1.30 bits per heavy atom. The number of phenols is 1. The van der Waals surface area contributed by atoms with Crippen molar-refractivity contribution in [3.05, 3.63) is 24.3 Å². The van der Waals surface area contributed by atoms with Crippen molar-refractivity contribution >= 4 is 5.91 Å². The highest BCUT2D eigenvalue weighted by Gasteiger charge is 2.05. The van der Waals surface area contributed by atoms with Crippen LogP contribution in [0.3, 0.4) is 0 Å². The monoisotopic (exact) mass is 282 g/mol. The van der Waals surface area contributed by atoms with Crippen molar-refractivity contribution in [3.63, 3.8) is 0 Å². The van der Waals surface area contributed by atoms with Crippen LogP contribution in [0.5, 0.6) is 11.5 Å². The highest BCUT2D eigenvalue weighted by molar-refractivity contribution is 5.75. The van der Waals surface area contributed by atoms with Gasteiger partial charge in [0.2, 0.25) is 5.91 Å². The SMILES string of the molecule is CCC(=O)NCCNCC(O)COc1ccc(O)cc1. The second-order valence-corrected chi connectivity index (χ2v) is 4.37. The molecule has 1 aromatic carbocycles. The standard InChI is InChI=1S/C14H22N2O4/c1-2-14(19)16-8-7-15-9-12(18)10-20-13-5-3-11(17)4-6-13/h3-6,12,15,17-18H,2,7-10H2,1H3,(H,16,19). The first-order chi connectivity index (χ1) is 9.61. The minimum atomic E-state index is -0.634. The Hall–Kier alpha value is -1.79. The summed E-state index contributed by atoms with van der Waals surface area (Å²) in [5, 5.41) is 24.6. The highest BCUT2D eigenvalue weighted by Crippen LogP contribution is 2.15. The van der Waals surface area contributed by atoms with Gasteiger partial charge in [-0.1, -0.05) is 6.92 Å². The third-order valence-corrected chi connectivity index (χ3v) is 2.60. The Bertz CT molecular complexity index is 395. The number of aliphatic hydroxyl groups excluding tert-OH is 1. The molecule has 1 amide bonds. The molecule has 6 heteroatoms. The van der Waals surface area contributed by atoms with Crippen LogP contribution < -0.4 is 15.4 Å². The van der Waals surface area contributed by atoms with E-state index in [0.29, 0.717) is 31.8 Å². The number of aromatic hydroxyl groups is 1. The Morgan fingerprint density at radius 3 is 2.65 bits per heavy atom. The van der Waals surface area contributed by atoms with Gasteiger partial charge < -0.3 is 25.6 Å². The van der Waals surface area contributed by atoms with Crippen molar-refractivity contribution in [2.75, 3.05) is 26.2 Å². The van der Waals surface area contributed by atoms with Crippen molar-refractivity contribution in [2.24, 2.45) is 0 Å². The van der Waals surface area contributed by atoms with Crippen molar-refractivity contribution < 1.29 is 19.7 Å². The predicted octanol–water partition coefficient (Wildman–Crippen LogP) is 0.248. The second kappa shape index (κ2) is 9.17. The minimum absolute atomic E-state index is 0.0167. The lowest BCUT2D eigenvalue weighted by atomic mass is 10.3. The summed E-state index contributed by atoms with van der Waals surface area (Å²) < 4.78 is 5.36. The highest BCUT2D eigenvalue weighted by atomic mass is 16.5. The minimum Gasteiger partial charge on any atom is -0.508 e. The van der Waals surface area contributed by atoms with Crippen LogP contribution in [-0.2, 0) is 4.79 Å². The Labute approximate surface area is 118 Å². The van der Waals surface area contributed by atoms with Gasteiger partial charge in [0.25, 0.3) is 0 Å². The number of benzene rings is 1. The molecule has 20 heavy (non-hydrogen) atoms. The third kappa shape index (κ3) is 6.96. The molecule has 0 aromatic heterocycles. The average molecular weight is 282 g/mol. The van der Waals surface area contributed by atoms with Crippen LogP contribution in [0, 0.1) is 0 Å². The molecule has 0 aliphatic carbocycles. The maximum Gasteiger partial charge on any atom is 0.219 e. The molecule has 1 atom stereocenters. The van der Waals surface area contributed by atoms with E-state index in [2.05, 4.69) is 10.6 Å². The largest absolute Gasteiger partial charge is 0.508 e. The number of nitrogens with one attached hydrogen (secondary N) is 2. The summed E-state index contributed by atoms with van der Waals surface area (Å²) in [4.78, 5) is 11.0. The maximum atomic E-state index is 11.0. The summed E-state index contributed by atoms with van der Waals surface area (Å²) in [7, 11) is 0. The first kappa shape index (κ1) is 16.3. The molecule has 0 saturated heterocycles. The van der Waals surface area contributed by atoms with Crippen molar-refractivity contribution in [1.29, 1.82) is 0 Å². The Morgan fingerprint density at radius 2 is 2.00 bits per heavy atom. The van der Waals surface area contributed by atoms with E-state index in [1.165, 1.54) is 12.1 Å². The van der Waals surface area contributed by atoms with E-state index in [0.717, 1.165) is 0 Å². The topological polar surface area (TPSA) is 90.8 Å². The smallest absolute Gasteiger partial charge is 0.219 e. The summed E-state index contributed by atoms with van der Waals surface area (Å²) in [6, 6.07) is 6.32. The summed E-state index contributed by atoms with van der Waals surface area (Å²) in [6.07, 6.45) is -0.158. The van der Waals surface area contributed by atoms with E-state index in [1.54, 1.807) is 19.1 Å². The fourth-order valence-corrected chi connectivity index (χ4v) is 1.48. The van der Waals surface area contributed by atoms with Gasteiger partial charge in [-0.25, -0.2) is 0 Å². The number of ether oxygens (including phenoxy) is 1. The van der Waals surface area contributed by atoms with E-state index in [9.17, 15) is 9.90 Å². The number of amides is 1. The molecule has 0 aliphatic rings. The number of carbonyl (C=O) groups is 1. The van der Waals surface area contributed by atoms with Gasteiger partial charge in [0.15, 0.2) is 0 Å². The van der Waals surface area contributed by atoms with Crippen LogP contribution in [0.1, 0.15) is 13.3 Å². The van der Waals surface area contributed by atoms with E-state index < -0.39 is 6.10 Å². The van der Waals surface area contributed by atoms with Gasteiger partial charge in [0, 0.05) is 26.1 Å². The molecule has 112 valence electrons. The van der Waals surface area contributed by atoms with Gasteiger partial charge in [-0.3, -0.25) is 4.79 Å². The molecule has 1 rings (SSSR count). The quantitative estimate of drug-likeness (QED) is 0.487. The van der Waals surface area contributed by atoms with Gasteiger partial charge >= 0.3 is 0 Å². The van der Waals surface area contributed by atoms with E-state index >= 15 is 0 Å². The average Bonchev–Trinajstić information content (AvgIpc) is 2.46. The number of rotatable bonds is 9. The predicted molar refractivity (Wildman–Crippen MR) is 75.8 cm³/mol. The molecule has 1 aromatic rings. The molecule has 4 N–H and O–H groups in total. The van der Waals surface area contributed by atoms with Gasteiger partial charge in [0.1, 0.15) is 24.2 Å². The Kier molecular flexibility index (Phi) is 7.46. The maximum absolute atomic E-state index is 11.0. The van der Waals surface area contributed by atoms with Crippen LogP contribution in [0.2, 0.25) is 0 Å². The zero-order chi connectivity index (χ0) is 14.8. The van der Waals surface area contributed by atoms with Crippen LogP contribution in [0.15, 0.2) is 24.3 Å². The first-order valence-corrected chi connectivity index (χ1v) is 6.69. The summed E-state index contributed by atoms with van der Waals surface area (Å²) >= 11 is 0. The van der Waals surface area contributed by atoms with Crippen molar-refractivity contribution in [3.8, 4) is 11.5 Å². The van der Waals surface area contributed by atoms with E-state index in [-0.39, 0.29) is 18.3 Å². The molecule has 0 radical (unpaired) electrons. The van der Waals surface area contributed by atoms with E-state index in [1.807, 2.05) is 0 Å². The first-order valence-electron chi connectivity index (χ1n) is 6.69. The normalized spacial score (nSPS) is 11.9. The molecular weight excluding hydrogens is 260 g/mol. The lowest BCUT2D eigenvalue weighted by molar-refractivity contribution is -0.120. The molecule has 0 fully saturated rings. The van der Waals surface area contributed by atoms with Crippen LogP contribution in [0.25, 0.3) is 0 Å². The Balaban J connectivity index is 2.07. The number of hydrogen-bond donors (Lipinski definition) is 4. The fourth-order valence-electron chi connectivity index (χ4n) is 1.48. The van der Waals surface area contributed by atoms with Crippen LogP contribution in [-0.4, -0.2) is 48.5 Å². The second-order valence-electron chi connectivity index (χ2n) is 4.37. The van der Waals surface area contributed by atoms with Gasteiger partial charge in [-0.15, -0.1) is 0 Å². The third-order valence-electron chi connectivity index (χ3n) is 2.60. The number of phenolic OH excluding ortho intramolecular Hbond substituents is 1. The van der Waals surface area contributed by atoms with Gasteiger partial charge in [-0.2, -0.15) is 0 Å². The molecule has 6 nitrogen and oxygen atoms in total. The van der Waals surface area contributed by atoms with E-state index in [4.69, 9.17) is 9.84 Å². The number of carbonyl (C=O) groups excluding carboxylic acids is 1. The molecule has 0 saturated carbocycles. The molecule has 0 spiro atoms. The zero-order valence-corrected chi connectivity index (χ0v) is 11.6. The van der Waals surface area contributed by atoms with Crippen molar-refractivity contribution in [2.45, 2.75) is 19.4 Å². The summed E-state index contributed by atoms with van der Waals surface area (Å²) in [6.45, 7) is 3.49. The van der Waals surface area contributed by atoms with Crippen LogP contribution >= 0.6 is 0 Å². The molecule has 1 unspecified atom stereocenters. The number of aliphatic hydroxyl groups is 1. The molecule has 0 heterocycles. The molecular formula is C14H22N2O4. The van der Waals surface area contributed by atoms with Gasteiger partial charge in [0.05, 0.1) is 0 Å². The summed E-state index contributed by atoms with van der Waals surface area (Å²) in [5.41, 5.74) is 0. The number of hydrogen-bond acceptors (Lipinski definition) is 5. The van der Waals surface area contributed by atoms with Crippen LogP contribution in [0.4, 0.5) is 0 Å². The fraction of sp³-hybridized carbons (Fsp3) is 0.500. The molecule has 0 aliphatic heterocycles. The lowest BCUT2D eigenvalue weighted by Gasteiger charge is -2.13.